The number of rotatable bonds is 5. The Morgan fingerprint density at radius 2 is 1.69 bits per heavy atom. The molecule has 0 radical (unpaired) electrons. The number of amides is 1. The lowest BCUT2D eigenvalue weighted by molar-refractivity contribution is -0.132. The predicted molar refractivity (Wildman–Crippen MR) is 116 cm³/mol. The first-order chi connectivity index (χ1) is 14.1. The zero-order valence-corrected chi connectivity index (χ0v) is 17.0. The molecular weight excluding hydrogens is 360 g/mol. The molecule has 1 amide bonds. The van der Waals surface area contributed by atoms with Crippen LogP contribution in [0.2, 0.25) is 0 Å². The second-order valence-corrected chi connectivity index (χ2v) is 7.61. The fourth-order valence-corrected chi connectivity index (χ4v) is 3.75. The first-order valence-electron chi connectivity index (χ1n) is 10.1. The largest absolute Gasteiger partial charge is 0.362 e. The Bertz CT molecular complexity index is 987. The molecule has 1 aliphatic rings. The minimum Gasteiger partial charge on any atom is -0.362 e. The minimum absolute atomic E-state index is 0.191. The zero-order chi connectivity index (χ0) is 20.2. The zero-order valence-electron chi connectivity index (χ0n) is 17.0. The van der Waals surface area contributed by atoms with Crippen molar-refractivity contribution in [3.05, 3.63) is 77.5 Å². The van der Waals surface area contributed by atoms with Gasteiger partial charge in [-0.2, -0.15) is 0 Å². The van der Waals surface area contributed by atoms with Gasteiger partial charge in [-0.1, -0.05) is 60.7 Å². The van der Waals surface area contributed by atoms with E-state index in [4.69, 9.17) is 9.97 Å². The lowest BCUT2D eigenvalue weighted by Crippen LogP contribution is -2.37. The number of carbonyl (C=O) groups is 1. The molecule has 2 aromatic carbocycles. The summed E-state index contributed by atoms with van der Waals surface area (Å²) >= 11 is 0. The quantitative estimate of drug-likeness (QED) is 0.670. The predicted octanol–water partition coefficient (Wildman–Crippen LogP) is 3.73. The topological polar surface area (TPSA) is 49.3 Å². The van der Waals surface area contributed by atoms with Gasteiger partial charge >= 0.3 is 0 Å². The molecule has 2 heterocycles. The van der Waals surface area contributed by atoms with Crippen molar-refractivity contribution in [2.75, 3.05) is 25.5 Å². The smallest absolute Gasteiger partial charge is 0.223 e. The summed E-state index contributed by atoms with van der Waals surface area (Å²) in [6.07, 6.45) is 2.06. The van der Waals surface area contributed by atoms with Crippen molar-refractivity contribution < 1.29 is 4.79 Å². The molecule has 29 heavy (non-hydrogen) atoms. The number of benzene rings is 2. The molecule has 5 heteroatoms. The molecule has 0 atom stereocenters. The van der Waals surface area contributed by atoms with Gasteiger partial charge in [-0.3, -0.25) is 4.79 Å². The maximum atomic E-state index is 12.8. The second-order valence-electron chi connectivity index (χ2n) is 7.61. The normalized spacial score (nSPS) is 13.1. The number of nitrogens with zero attached hydrogens (tertiary/aromatic N) is 4. The van der Waals surface area contributed by atoms with Gasteiger partial charge in [0.25, 0.3) is 0 Å². The molecule has 0 saturated carbocycles. The Kier molecular flexibility index (Phi) is 5.56. The highest BCUT2D eigenvalue weighted by Crippen LogP contribution is 2.29. The monoisotopic (exact) mass is 386 g/mol. The minimum atomic E-state index is 0.191. The Balaban J connectivity index is 1.54. The van der Waals surface area contributed by atoms with Crippen LogP contribution < -0.4 is 4.90 Å². The Morgan fingerprint density at radius 1 is 1.00 bits per heavy atom. The first kappa shape index (κ1) is 19.1. The van der Waals surface area contributed by atoms with Crippen LogP contribution in [0.3, 0.4) is 0 Å². The van der Waals surface area contributed by atoms with Gasteiger partial charge in [0.1, 0.15) is 5.82 Å². The fourth-order valence-electron chi connectivity index (χ4n) is 3.75. The Morgan fingerprint density at radius 3 is 2.38 bits per heavy atom. The fraction of sp³-hybridized carbons (Fsp3) is 0.292. The van der Waals surface area contributed by atoms with Crippen molar-refractivity contribution in [2.24, 2.45) is 0 Å². The highest BCUT2D eigenvalue weighted by atomic mass is 16.2. The molecule has 0 aliphatic carbocycles. The Hall–Kier alpha value is -3.21. The number of aryl methyl sites for hydroxylation is 1. The molecule has 0 fully saturated rings. The van der Waals surface area contributed by atoms with Crippen molar-refractivity contribution >= 4 is 11.7 Å². The van der Waals surface area contributed by atoms with Gasteiger partial charge in [0.2, 0.25) is 5.91 Å². The number of hydrogen-bond donors (Lipinski definition) is 0. The lowest BCUT2D eigenvalue weighted by Gasteiger charge is -2.31. The summed E-state index contributed by atoms with van der Waals surface area (Å²) in [5.74, 6) is 1.84. The standard InChI is InChI=1S/C24H26N4O/c1-27(2)24-20-17-28(22(29)14-13-18-9-5-3-6-10-18)16-15-21(20)25-23(26-24)19-11-7-4-8-12-19/h3-12H,13-17H2,1-2H3. The van der Waals surface area contributed by atoms with Crippen LogP contribution >= 0.6 is 0 Å². The van der Waals surface area contributed by atoms with Crippen LogP contribution in [0, 0.1) is 0 Å². The second kappa shape index (κ2) is 8.43. The molecule has 1 aliphatic heterocycles. The number of fused-ring (bicyclic) bond motifs is 1. The van der Waals surface area contributed by atoms with Crippen molar-refractivity contribution in [1.29, 1.82) is 0 Å². The van der Waals surface area contributed by atoms with Crippen molar-refractivity contribution in [2.45, 2.75) is 25.8 Å². The number of carbonyl (C=O) groups excluding carboxylic acids is 1. The van der Waals surface area contributed by atoms with Crippen LogP contribution in [0.4, 0.5) is 5.82 Å². The molecule has 5 nitrogen and oxygen atoms in total. The third-order valence-electron chi connectivity index (χ3n) is 5.32. The van der Waals surface area contributed by atoms with E-state index < -0.39 is 0 Å². The van der Waals surface area contributed by atoms with E-state index >= 15 is 0 Å². The maximum absolute atomic E-state index is 12.8. The van der Waals surface area contributed by atoms with Crippen molar-refractivity contribution in [3.8, 4) is 11.4 Å². The molecule has 0 bridgehead atoms. The molecule has 0 unspecified atom stereocenters. The molecule has 0 N–H and O–H groups in total. The summed E-state index contributed by atoms with van der Waals surface area (Å²) in [6, 6.07) is 20.2. The van der Waals surface area contributed by atoms with E-state index in [0.717, 1.165) is 41.3 Å². The average molecular weight is 386 g/mol. The number of aromatic nitrogens is 2. The lowest BCUT2D eigenvalue weighted by atomic mass is 10.0. The summed E-state index contributed by atoms with van der Waals surface area (Å²) in [4.78, 5) is 26.4. The van der Waals surface area contributed by atoms with Gasteiger partial charge in [0, 0.05) is 44.6 Å². The molecule has 1 aromatic heterocycles. The van der Waals surface area contributed by atoms with Crippen LogP contribution in [-0.4, -0.2) is 41.4 Å². The van der Waals surface area contributed by atoms with E-state index in [1.54, 1.807) is 0 Å². The summed E-state index contributed by atoms with van der Waals surface area (Å²) in [7, 11) is 3.99. The maximum Gasteiger partial charge on any atom is 0.223 e. The van der Waals surface area contributed by atoms with Crippen LogP contribution in [0.5, 0.6) is 0 Å². The van der Waals surface area contributed by atoms with E-state index in [1.165, 1.54) is 5.56 Å². The average Bonchev–Trinajstić information content (AvgIpc) is 2.77. The molecule has 3 aromatic rings. The highest BCUT2D eigenvalue weighted by Gasteiger charge is 2.26. The van der Waals surface area contributed by atoms with Crippen LogP contribution in [-0.2, 0) is 24.2 Å². The van der Waals surface area contributed by atoms with Gasteiger partial charge in [-0.25, -0.2) is 9.97 Å². The van der Waals surface area contributed by atoms with E-state index in [9.17, 15) is 4.79 Å². The molecule has 0 saturated heterocycles. The first-order valence-corrected chi connectivity index (χ1v) is 10.1. The summed E-state index contributed by atoms with van der Waals surface area (Å²) in [5.41, 5.74) is 4.33. The van der Waals surface area contributed by atoms with Gasteiger partial charge in [-0.05, 0) is 12.0 Å². The van der Waals surface area contributed by atoms with Gasteiger partial charge in [0.05, 0.1) is 12.2 Å². The SMILES string of the molecule is CN(C)c1nc(-c2ccccc2)nc2c1CN(C(=O)CCc1ccccc1)CC2. The summed E-state index contributed by atoms with van der Waals surface area (Å²) in [6.45, 7) is 1.28. The van der Waals surface area contributed by atoms with E-state index in [2.05, 4.69) is 12.1 Å². The van der Waals surface area contributed by atoms with E-state index in [1.807, 2.05) is 72.4 Å². The number of hydrogen-bond acceptors (Lipinski definition) is 4. The summed E-state index contributed by atoms with van der Waals surface area (Å²) < 4.78 is 0. The van der Waals surface area contributed by atoms with Crippen molar-refractivity contribution in [3.63, 3.8) is 0 Å². The van der Waals surface area contributed by atoms with Gasteiger partial charge < -0.3 is 9.80 Å². The molecular formula is C24H26N4O. The van der Waals surface area contributed by atoms with Crippen LogP contribution in [0.15, 0.2) is 60.7 Å². The highest BCUT2D eigenvalue weighted by molar-refractivity contribution is 5.77. The van der Waals surface area contributed by atoms with Gasteiger partial charge in [0.15, 0.2) is 5.82 Å². The Labute approximate surface area is 172 Å². The van der Waals surface area contributed by atoms with E-state index in [-0.39, 0.29) is 5.91 Å². The van der Waals surface area contributed by atoms with Crippen LogP contribution in [0.1, 0.15) is 23.2 Å². The number of anilines is 1. The molecule has 0 spiro atoms. The summed E-state index contributed by atoms with van der Waals surface area (Å²) in [5, 5.41) is 0. The van der Waals surface area contributed by atoms with Crippen LogP contribution in [0.25, 0.3) is 11.4 Å². The van der Waals surface area contributed by atoms with Gasteiger partial charge in [-0.15, -0.1) is 0 Å². The van der Waals surface area contributed by atoms with E-state index in [0.29, 0.717) is 19.5 Å². The van der Waals surface area contributed by atoms with Crippen molar-refractivity contribution in [1.82, 2.24) is 14.9 Å². The third-order valence-corrected chi connectivity index (χ3v) is 5.32. The molecule has 148 valence electrons. The third kappa shape index (κ3) is 4.29. The molecule has 4 rings (SSSR count).